The van der Waals surface area contributed by atoms with Crippen LogP contribution < -0.4 is 5.32 Å². The zero-order valence-electron chi connectivity index (χ0n) is 17.6. The van der Waals surface area contributed by atoms with Gasteiger partial charge in [-0.15, -0.1) is 0 Å². The van der Waals surface area contributed by atoms with Crippen LogP contribution in [0, 0.1) is 11.7 Å². The van der Waals surface area contributed by atoms with Crippen LogP contribution in [0.25, 0.3) is 0 Å². The van der Waals surface area contributed by atoms with Crippen LogP contribution in [0.4, 0.5) is 4.39 Å². The van der Waals surface area contributed by atoms with E-state index in [1.807, 2.05) is 37.3 Å². The van der Waals surface area contributed by atoms with Gasteiger partial charge in [-0.2, -0.15) is 0 Å². The number of halogens is 1. The zero-order valence-corrected chi connectivity index (χ0v) is 17.6. The molecule has 0 bridgehead atoms. The van der Waals surface area contributed by atoms with E-state index in [2.05, 4.69) is 22.6 Å². The van der Waals surface area contributed by atoms with E-state index >= 15 is 0 Å². The molecule has 0 saturated heterocycles. The number of hydrogen-bond donors (Lipinski definition) is 1. The molecule has 3 rings (SSSR count). The fourth-order valence-electron chi connectivity index (χ4n) is 3.69. The van der Waals surface area contributed by atoms with Crippen molar-refractivity contribution < 1.29 is 18.9 Å². The third-order valence-corrected chi connectivity index (χ3v) is 5.57. The molecular formula is C23H26FN3O3. The van der Waals surface area contributed by atoms with Gasteiger partial charge >= 0.3 is 0 Å². The Bertz CT molecular complexity index is 972. The quantitative estimate of drug-likeness (QED) is 0.531. The first-order valence-electron chi connectivity index (χ1n) is 9.74. The molecular weight excluding hydrogens is 385 g/mol. The summed E-state index contributed by atoms with van der Waals surface area (Å²) >= 11 is 0. The number of benzene rings is 2. The first-order valence-corrected chi connectivity index (χ1v) is 9.74. The highest BCUT2D eigenvalue weighted by Gasteiger charge is 2.53. The van der Waals surface area contributed by atoms with Gasteiger partial charge in [0.05, 0.1) is 5.71 Å². The van der Waals surface area contributed by atoms with Gasteiger partial charge < -0.3 is 15.0 Å². The van der Waals surface area contributed by atoms with E-state index < -0.39 is 0 Å². The lowest BCUT2D eigenvalue weighted by Crippen LogP contribution is -2.29. The highest BCUT2D eigenvalue weighted by atomic mass is 19.1. The van der Waals surface area contributed by atoms with Gasteiger partial charge in [0, 0.05) is 29.5 Å². The largest absolute Gasteiger partial charge is 0.398 e. The fraction of sp³-hybridized carbons (Fsp3) is 0.348. The van der Waals surface area contributed by atoms with Crippen molar-refractivity contribution in [3.8, 4) is 0 Å². The number of carbonyl (C=O) groups excluding carboxylic acids is 1. The molecule has 0 spiro atoms. The highest BCUT2D eigenvalue weighted by molar-refractivity contribution is 6.45. The molecule has 0 heterocycles. The molecule has 1 aliphatic rings. The zero-order chi connectivity index (χ0) is 21.7. The lowest BCUT2D eigenvalue weighted by molar-refractivity contribution is -0.114. The van der Waals surface area contributed by atoms with Crippen LogP contribution in [0.2, 0.25) is 0 Å². The van der Waals surface area contributed by atoms with Gasteiger partial charge in [-0.3, -0.25) is 4.79 Å². The molecule has 1 N–H and O–H groups in total. The molecule has 1 saturated carbocycles. The normalized spacial score (nSPS) is 21.2. The van der Waals surface area contributed by atoms with Gasteiger partial charge in [-0.05, 0) is 31.0 Å². The first kappa shape index (κ1) is 21.5. The molecule has 2 atom stereocenters. The van der Waals surface area contributed by atoms with Crippen LogP contribution in [0.15, 0.2) is 58.8 Å². The molecule has 6 nitrogen and oxygen atoms in total. The minimum atomic E-state index is -0.350. The SMILES string of the molecule is CNC(=O)/C(=N/OC)c1ccccc1CO/N=C(\C)C1CC1(C)c1ccc(F)cc1. The second-order valence-electron chi connectivity index (χ2n) is 7.55. The van der Waals surface area contributed by atoms with Gasteiger partial charge in [0.15, 0.2) is 5.71 Å². The molecule has 30 heavy (non-hydrogen) atoms. The number of rotatable bonds is 8. The van der Waals surface area contributed by atoms with Crippen molar-refractivity contribution in [2.24, 2.45) is 16.2 Å². The molecule has 7 heteroatoms. The van der Waals surface area contributed by atoms with Crippen molar-refractivity contribution in [1.82, 2.24) is 5.32 Å². The summed E-state index contributed by atoms with van der Waals surface area (Å²) < 4.78 is 13.2. The first-order chi connectivity index (χ1) is 14.4. The minimum Gasteiger partial charge on any atom is -0.398 e. The molecule has 2 aromatic carbocycles. The van der Waals surface area contributed by atoms with E-state index in [1.165, 1.54) is 26.3 Å². The monoisotopic (exact) mass is 411 g/mol. The maximum absolute atomic E-state index is 13.2. The Hall–Kier alpha value is -3.22. The van der Waals surface area contributed by atoms with E-state index in [-0.39, 0.29) is 35.4 Å². The summed E-state index contributed by atoms with van der Waals surface area (Å²) in [5, 5.41) is 10.7. The number of hydrogen-bond acceptors (Lipinski definition) is 5. The number of carbonyl (C=O) groups is 1. The molecule has 0 radical (unpaired) electrons. The molecule has 1 aliphatic carbocycles. The predicted molar refractivity (Wildman–Crippen MR) is 114 cm³/mol. The Morgan fingerprint density at radius 2 is 1.90 bits per heavy atom. The van der Waals surface area contributed by atoms with Crippen molar-refractivity contribution >= 4 is 17.3 Å². The van der Waals surface area contributed by atoms with Crippen LogP contribution in [0.5, 0.6) is 0 Å². The summed E-state index contributed by atoms with van der Waals surface area (Å²) in [6.45, 7) is 4.27. The molecule has 1 fully saturated rings. The van der Waals surface area contributed by atoms with Crippen molar-refractivity contribution in [2.45, 2.75) is 32.3 Å². The number of nitrogens with zero attached hydrogens (tertiary/aromatic N) is 2. The summed E-state index contributed by atoms with van der Waals surface area (Å²) in [5.74, 6) is -0.341. The van der Waals surface area contributed by atoms with E-state index in [9.17, 15) is 9.18 Å². The average molecular weight is 411 g/mol. The number of oxime groups is 2. The van der Waals surface area contributed by atoms with Gasteiger partial charge in [-0.25, -0.2) is 4.39 Å². The second kappa shape index (κ2) is 9.07. The average Bonchev–Trinajstić information content (AvgIpc) is 3.45. The van der Waals surface area contributed by atoms with Crippen LogP contribution in [-0.4, -0.2) is 31.5 Å². The molecule has 2 aromatic rings. The molecule has 2 unspecified atom stereocenters. The van der Waals surface area contributed by atoms with E-state index in [0.29, 0.717) is 5.56 Å². The fourth-order valence-corrected chi connectivity index (χ4v) is 3.69. The summed E-state index contributed by atoms with van der Waals surface area (Å²) in [7, 11) is 2.93. The Kier molecular flexibility index (Phi) is 6.50. The van der Waals surface area contributed by atoms with Crippen molar-refractivity contribution in [2.75, 3.05) is 14.2 Å². The molecule has 158 valence electrons. The Labute approximate surface area is 175 Å². The van der Waals surface area contributed by atoms with Gasteiger partial charge in [0.2, 0.25) is 0 Å². The van der Waals surface area contributed by atoms with Crippen LogP contribution in [0.3, 0.4) is 0 Å². The predicted octanol–water partition coefficient (Wildman–Crippen LogP) is 3.79. The van der Waals surface area contributed by atoms with Crippen molar-refractivity contribution in [3.05, 3.63) is 71.0 Å². The topological polar surface area (TPSA) is 72.3 Å². The summed E-state index contributed by atoms with van der Waals surface area (Å²) in [4.78, 5) is 22.6. The van der Waals surface area contributed by atoms with Gasteiger partial charge in [-0.1, -0.05) is 53.6 Å². The van der Waals surface area contributed by atoms with Crippen LogP contribution in [0.1, 0.15) is 37.0 Å². The number of amides is 1. The van der Waals surface area contributed by atoms with Crippen LogP contribution >= 0.6 is 0 Å². The Morgan fingerprint density at radius 1 is 1.20 bits per heavy atom. The second-order valence-corrected chi connectivity index (χ2v) is 7.55. The van der Waals surface area contributed by atoms with Gasteiger partial charge in [0.1, 0.15) is 19.5 Å². The maximum Gasteiger partial charge on any atom is 0.273 e. The van der Waals surface area contributed by atoms with Crippen molar-refractivity contribution in [1.29, 1.82) is 0 Å². The third kappa shape index (κ3) is 4.50. The van der Waals surface area contributed by atoms with E-state index in [0.717, 1.165) is 23.3 Å². The third-order valence-electron chi connectivity index (χ3n) is 5.57. The standard InChI is InChI=1S/C23H26FN3O3/c1-15(20-13-23(20,2)17-9-11-18(24)12-10-17)26-30-14-16-7-5-6-8-19(16)21(27-29-4)22(28)25-3/h5-12,20H,13-14H2,1-4H3,(H,25,28)/b26-15+,27-21+. The van der Waals surface area contributed by atoms with Crippen LogP contribution in [-0.2, 0) is 26.5 Å². The lowest BCUT2D eigenvalue weighted by atomic mass is 9.94. The summed E-state index contributed by atoms with van der Waals surface area (Å²) in [6.07, 6.45) is 0.940. The maximum atomic E-state index is 13.2. The lowest BCUT2D eigenvalue weighted by Gasteiger charge is -2.12. The Morgan fingerprint density at radius 3 is 2.57 bits per heavy atom. The van der Waals surface area contributed by atoms with E-state index in [4.69, 9.17) is 9.68 Å². The smallest absolute Gasteiger partial charge is 0.273 e. The number of nitrogens with one attached hydrogen (secondary N) is 1. The summed E-state index contributed by atoms with van der Waals surface area (Å²) in [6, 6.07) is 14.0. The van der Waals surface area contributed by atoms with E-state index in [1.54, 1.807) is 6.07 Å². The molecule has 0 aliphatic heterocycles. The summed E-state index contributed by atoms with van der Waals surface area (Å²) in [5.41, 5.74) is 3.49. The van der Waals surface area contributed by atoms with Crippen molar-refractivity contribution in [3.63, 3.8) is 0 Å². The molecule has 1 amide bonds. The van der Waals surface area contributed by atoms with Gasteiger partial charge in [0.25, 0.3) is 5.91 Å². The highest BCUT2D eigenvalue weighted by Crippen LogP contribution is 2.54. The minimum absolute atomic E-state index is 0.0555. The number of likely N-dealkylation sites (N-methyl/N-ethyl adjacent to an activating group) is 1. The Balaban J connectivity index is 1.70. The molecule has 0 aromatic heterocycles.